The second kappa shape index (κ2) is 2.73. The summed E-state index contributed by atoms with van der Waals surface area (Å²) in [6.07, 6.45) is 1.55. The Hall–Kier alpha value is -1.58. The van der Waals surface area contributed by atoms with Crippen molar-refractivity contribution in [1.29, 1.82) is 0 Å². The normalized spacial score (nSPS) is 20.1. The van der Waals surface area contributed by atoms with E-state index < -0.39 is 0 Å². The lowest BCUT2D eigenvalue weighted by Gasteiger charge is -2.07. The van der Waals surface area contributed by atoms with Crippen molar-refractivity contribution in [3.63, 3.8) is 0 Å². The zero-order valence-electron chi connectivity index (χ0n) is 7.19. The van der Waals surface area contributed by atoms with Gasteiger partial charge in [0.05, 0.1) is 12.1 Å². The van der Waals surface area contributed by atoms with E-state index in [1.807, 2.05) is 0 Å². The van der Waals surface area contributed by atoms with Gasteiger partial charge in [-0.1, -0.05) is 0 Å². The zero-order valence-corrected chi connectivity index (χ0v) is 7.19. The summed E-state index contributed by atoms with van der Waals surface area (Å²) in [5, 5.41) is 0. The van der Waals surface area contributed by atoms with E-state index >= 15 is 0 Å². The first-order valence-electron chi connectivity index (χ1n) is 4.06. The Morgan fingerprint density at radius 3 is 3.15 bits per heavy atom. The SMILES string of the molecule is CC(=O)O[C@H]1CC(=O)n2cccc21. The first-order valence-corrected chi connectivity index (χ1v) is 4.06. The molecule has 0 fully saturated rings. The molecular formula is C9H9NO3. The van der Waals surface area contributed by atoms with Crippen LogP contribution in [0.4, 0.5) is 0 Å². The van der Waals surface area contributed by atoms with Crippen molar-refractivity contribution < 1.29 is 14.3 Å². The van der Waals surface area contributed by atoms with Crippen molar-refractivity contribution in [2.75, 3.05) is 0 Å². The highest BCUT2D eigenvalue weighted by Gasteiger charge is 2.30. The van der Waals surface area contributed by atoms with E-state index in [4.69, 9.17) is 4.74 Å². The van der Waals surface area contributed by atoms with Crippen LogP contribution in [0.25, 0.3) is 0 Å². The summed E-state index contributed by atoms with van der Waals surface area (Å²) in [5.74, 6) is -0.376. The zero-order chi connectivity index (χ0) is 9.42. The van der Waals surface area contributed by atoms with Crippen LogP contribution in [0.1, 0.15) is 29.9 Å². The molecule has 0 spiro atoms. The molecule has 0 aromatic carbocycles. The van der Waals surface area contributed by atoms with Crippen LogP contribution in [-0.2, 0) is 9.53 Å². The first-order chi connectivity index (χ1) is 6.18. The lowest BCUT2D eigenvalue weighted by atomic mass is 10.2. The van der Waals surface area contributed by atoms with Crippen molar-refractivity contribution in [3.8, 4) is 0 Å². The molecule has 1 atom stereocenters. The Morgan fingerprint density at radius 2 is 2.46 bits per heavy atom. The fourth-order valence-corrected chi connectivity index (χ4v) is 1.55. The van der Waals surface area contributed by atoms with E-state index in [2.05, 4.69) is 0 Å². The predicted octanol–water partition coefficient (Wildman–Crippen LogP) is 1.14. The minimum atomic E-state index is -0.389. The predicted molar refractivity (Wildman–Crippen MR) is 44.2 cm³/mol. The van der Waals surface area contributed by atoms with Gasteiger partial charge in [-0.15, -0.1) is 0 Å². The third-order valence-corrected chi connectivity index (χ3v) is 2.05. The summed E-state index contributed by atoms with van der Waals surface area (Å²) in [4.78, 5) is 22.0. The molecule has 2 heterocycles. The summed E-state index contributed by atoms with van der Waals surface area (Å²) < 4.78 is 6.51. The third kappa shape index (κ3) is 1.24. The first kappa shape index (κ1) is 8.04. The quantitative estimate of drug-likeness (QED) is 0.607. The molecule has 0 aliphatic carbocycles. The summed E-state index contributed by atoms with van der Waals surface area (Å²) in [7, 11) is 0. The minimum Gasteiger partial charge on any atom is -0.456 e. The molecule has 0 saturated carbocycles. The van der Waals surface area contributed by atoms with E-state index in [0.717, 1.165) is 5.69 Å². The van der Waals surface area contributed by atoms with Crippen LogP contribution in [0.2, 0.25) is 0 Å². The molecule has 0 bridgehead atoms. The number of ether oxygens (including phenoxy) is 1. The smallest absolute Gasteiger partial charge is 0.303 e. The second-order valence-corrected chi connectivity index (χ2v) is 3.00. The number of fused-ring (bicyclic) bond motifs is 1. The van der Waals surface area contributed by atoms with E-state index in [9.17, 15) is 9.59 Å². The molecule has 4 heteroatoms. The molecule has 2 rings (SSSR count). The molecule has 1 aromatic rings. The topological polar surface area (TPSA) is 48.3 Å². The molecule has 0 unspecified atom stereocenters. The Bertz CT molecular complexity index is 367. The Kier molecular flexibility index (Phi) is 1.69. The summed E-state index contributed by atoms with van der Waals surface area (Å²) in [5.41, 5.74) is 0.764. The maximum absolute atomic E-state index is 11.3. The summed E-state index contributed by atoms with van der Waals surface area (Å²) >= 11 is 0. The van der Waals surface area contributed by atoms with Crippen LogP contribution in [0, 0.1) is 0 Å². The number of carbonyl (C=O) groups excluding carboxylic acids is 2. The van der Waals surface area contributed by atoms with Gasteiger partial charge in [-0.2, -0.15) is 0 Å². The fourth-order valence-electron chi connectivity index (χ4n) is 1.55. The fraction of sp³-hybridized carbons (Fsp3) is 0.333. The van der Waals surface area contributed by atoms with E-state index in [1.165, 1.54) is 11.5 Å². The van der Waals surface area contributed by atoms with E-state index in [1.54, 1.807) is 18.3 Å². The standard InChI is InChI=1S/C9H9NO3/c1-6(11)13-8-5-9(12)10-4-2-3-7(8)10/h2-4,8H,5H2,1H3/t8-/m0/s1. The number of hydrogen-bond donors (Lipinski definition) is 0. The number of rotatable bonds is 1. The van der Waals surface area contributed by atoms with E-state index in [0.29, 0.717) is 0 Å². The van der Waals surface area contributed by atoms with Crippen molar-refractivity contribution >= 4 is 11.9 Å². The molecular weight excluding hydrogens is 170 g/mol. The lowest BCUT2D eigenvalue weighted by molar-refractivity contribution is -0.146. The molecule has 68 valence electrons. The van der Waals surface area contributed by atoms with Crippen LogP contribution in [0.15, 0.2) is 18.3 Å². The molecule has 13 heavy (non-hydrogen) atoms. The molecule has 1 aliphatic rings. The van der Waals surface area contributed by atoms with Crippen LogP contribution in [0.3, 0.4) is 0 Å². The monoisotopic (exact) mass is 179 g/mol. The average molecular weight is 179 g/mol. The maximum atomic E-state index is 11.3. The van der Waals surface area contributed by atoms with Gasteiger partial charge in [0.15, 0.2) is 6.10 Å². The Labute approximate surface area is 75.1 Å². The number of esters is 1. The van der Waals surface area contributed by atoms with Crippen molar-refractivity contribution in [2.24, 2.45) is 0 Å². The molecule has 0 saturated heterocycles. The minimum absolute atomic E-state index is 0.0220. The van der Waals surface area contributed by atoms with Crippen molar-refractivity contribution in [2.45, 2.75) is 19.4 Å². The number of aromatic nitrogens is 1. The highest BCUT2D eigenvalue weighted by molar-refractivity contribution is 5.84. The number of hydrogen-bond acceptors (Lipinski definition) is 3. The Morgan fingerprint density at radius 1 is 1.69 bits per heavy atom. The second-order valence-electron chi connectivity index (χ2n) is 3.00. The maximum Gasteiger partial charge on any atom is 0.303 e. The molecule has 4 nitrogen and oxygen atoms in total. The summed E-state index contributed by atoms with van der Waals surface area (Å²) in [6.45, 7) is 1.34. The molecule has 0 radical (unpaired) electrons. The van der Waals surface area contributed by atoms with Gasteiger partial charge in [-0.3, -0.25) is 14.2 Å². The van der Waals surface area contributed by atoms with Gasteiger partial charge < -0.3 is 4.74 Å². The highest BCUT2D eigenvalue weighted by Crippen LogP contribution is 2.29. The lowest BCUT2D eigenvalue weighted by Crippen LogP contribution is -2.05. The van der Waals surface area contributed by atoms with Gasteiger partial charge in [-0.05, 0) is 12.1 Å². The number of nitrogens with zero attached hydrogens (tertiary/aromatic N) is 1. The Balaban J connectivity index is 2.28. The summed E-state index contributed by atoms with van der Waals surface area (Å²) in [6, 6.07) is 3.56. The van der Waals surface area contributed by atoms with Crippen LogP contribution >= 0.6 is 0 Å². The van der Waals surface area contributed by atoms with Crippen molar-refractivity contribution in [3.05, 3.63) is 24.0 Å². The number of carbonyl (C=O) groups is 2. The van der Waals surface area contributed by atoms with Gasteiger partial charge in [0.2, 0.25) is 5.91 Å². The van der Waals surface area contributed by atoms with Gasteiger partial charge in [0.25, 0.3) is 0 Å². The van der Waals surface area contributed by atoms with Crippen LogP contribution in [0.5, 0.6) is 0 Å². The molecule has 1 aromatic heterocycles. The largest absolute Gasteiger partial charge is 0.456 e. The highest BCUT2D eigenvalue weighted by atomic mass is 16.5. The molecule has 0 N–H and O–H groups in total. The molecule has 1 aliphatic heterocycles. The third-order valence-electron chi connectivity index (χ3n) is 2.05. The molecule has 0 amide bonds. The van der Waals surface area contributed by atoms with Crippen LogP contribution in [-0.4, -0.2) is 16.4 Å². The van der Waals surface area contributed by atoms with E-state index in [-0.39, 0.29) is 24.4 Å². The van der Waals surface area contributed by atoms with Crippen molar-refractivity contribution in [1.82, 2.24) is 4.57 Å². The van der Waals surface area contributed by atoms with Crippen LogP contribution < -0.4 is 0 Å². The average Bonchev–Trinajstić information content (AvgIpc) is 2.56. The van der Waals surface area contributed by atoms with Gasteiger partial charge in [-0.25, -0.2) is 0 Å². The van der Waals surface area contributed by atoms with Gasteiger partial charge in [0, 0.05) is 13.1 Å². The van der Waals surface area contributed by atoms with Gasteiger partial charge >= 0.3 is 5.97 Å². The van der Waals surface area contributed by atoms with Gasteiger partial charge in [0.1, 0.15) is 0 Å².